The molecule has 0 bridgehead atoms. The van der Waals surface area contributed by atoms with Gasteiger partial charge in [0.15, 0.2) is 0 Å². The second-order valence-electron chi connectivity index (χ2n) is 4.03. The van der Waals surface area contributed by atoms with Crippen molar-refractivity contribution in [3.05, 3.63) is 63.0 Å². The fourth-order valence-corrected chi connectivity index (χ4v) is 2.97. The van der Waals surface area contributed by atoms with Crippen LogP contribution in [-0.2, 0) is 6.54 Å². The summed E-state index contributed by atoms with van der Waals surface area (Å²) in [7, 11) is 0. The highest BCUT2D eigenvalue weighted by molar-refractivity contribution is 9.10. The van der Waals surface area contributed by atoms with Crippen molar-refractivity contribution < 1.29 is 9.90 Å². The smallest absolute Gasteiger partial charge is 0.336 e. The predicted molar refractivity (Wildman–Crippen MR) is 82.5 cm³/mol. The molecule has 1 aromatic heterocycles. The molecular formula is C14H12BrNO3S. The molecule has 2 aromatic rings. The number of hydrogen-bond donors (Lipinski definition) is 1. The molecule has 0 amide bonds. The SMILES string of the molecule is O=C(O)c1cc(SCCn2ccccc2=O)ccc1Br. The topological polar surface area (TPSA) is 59.3 Å². The van der Waals surface area contributed by atoms with Gasteiger partial charge in [-0.3, -0.25) is 4.79 Å². The highest BCUT2D eigenvalue weighted by atomic mass is 79.9. The van der Waals surface area contributed by atoms with E-state index in [0.717, 1.165) is 4.90 Å². The number of halogens is 1. The molecule has 0 aliphatic heterocycles. The van der Waals surface area contributed by atoms with Gasteiger partial charge in [-0.15, -0.1) is 11.8 Å². The average molecular weight is 354 g/mol. The Morgan fingerprint density at radius 2 is 2.10 bits per heavy atom. The number of carbonyl (C=O) groups is 1. The minimum atomic E-state index is -0.960. The third-order valence-corrected chi connectivity index (χ3v) is 4.33. The van der Waals surface area contributed by atoms with E-state index in [1.165, 1.54) is 17.8 Å². The van der Waals surface area contributed by atoms with Gasteiger partial charge in [0.2, 0.25) is 0 Å². The second kappa shape index (κ2) is 6.76. The van der Waals surface area contributed by atoms with Gasteiger partial charge in [0, 0.05) is 33.9 Å². The molecule has 0 saturated heterocycles. The average Bonchev–Trinajstić information content (AvgIpc) is 2.42. The molecule has 1 N–H and O–H groups in total. The highest BCUT2D eigenvalue weighted by Crippen LogP contribution is 2.25. The maximum Gasteiger partial charge on any atom is 0.336 e. The summed E-state index contributed by atoms with van der Waals surface area (Å²) in [6, 6.07) is 10.3. The summed E-state index contributed by atoms with van der Waals surface area (Å²) in [5.74, 6) is -0.261. The van der Waals surface area contributed by atoms with Crippen molar-refractivity contribution in [2.75, 3.05) is 5.75 Å². The molecule has 2 rings (SSSR count). The zero-order valence-electron chi connectivity index (χ0n) is 10.5. The maximum absolute atomic E-state index is 11.5. The summed E-state index contributed by atoms with van der Waals surface area (Å²) in [6.07, 6.45) is 1.74. The van der Waals surface area contributed by atoms with Crippen LogP contribution in [0.1, 0.15) is 10.4 Å². The van der Waals surface area contributed by atoms with Gasteiger partial charge in [-0.25, -0.2) is 4.79 Å². The van der Waals surface area contributed by atoms with E-state index >= 15 is 0 Å². The normalized spacial score (nSPS) is 10.4. The van der Waals surface area contributed by atoms with Gasteiger partial charge in [0.05, 0.1) is 5.56 Å². The lowest BCUT2D eigenvalue weighted by molar-refractivity contribution is 0.0695. The first-order valence-electron chi connectivity index (χ1n) is 5.89. The molecular weight excluding hydrogens is 342 g/mol. The fourth-order valence-electron chi connectivity index (χ4n) is 1.67. The minimum Gasteiger partial charge on any atom is -0.478 e. The number of carboxylic acids is 1. The lowest BCUT2D eigenvalue weighted by Crippen LogP contribution is -2.18. The minimum absolute atomic E-state index is 0.0323. The monoisotopic (exact) mass is 353 g/mol. The van der Waals surface area contributed by atoms with Crippen molar-refractivity contribution in [3.8, 4) is 0 Å². The number of thioether (sulfide) groups is 1. The van der Waals surface area contributed by atoms with Crippen molar-refractivity contribution in [2.24, 2.45) is 0 Å². The first kappa shape index (κ1) is 14.9. The van der Waals surface area contributed by atoms with E-state index in [9.17, 15) is 9.59 Å². The predicted octanol–water partition coefficient (Wildman–Crippen LogP) is 3.10. The number of aryl methyl sites for hydroxylation is 1. The van der Waals surface area contributed by atoms with E-state index in [1.54, 1.807) is 29.0 Å². The molecule has 0 saturated carbocycles. The zero-order chi connectivity index (χ0) is 14.5. The Morgan fingerprint density at radius 1 is 1.30 bits per heavy atom. The molecule has 104 valence electrons. The van der Waals surface area contributed by atoms with Gasteiger partial charge in [-0.05, 0) is 40.2 Å². The summed E-state index contributed by atoms with van der Waals surface area (Å²) < 4.78 is 2.19. The second-order valence-corrected chi connectivity index (χ2v) is 6.05. The third kappa shape index (κ3) is 3.74. The zero-order valence-corrected chi connectivity index (χ0v) is 12.9. The van der Waals surface area contributed by atoms with Gasteiger partial charge in [-0.2, -0.15) is 0 Å². The maximum atomic E-state index is 11.5. The van der Waals surface area contributed by atoms with E-state index in [-0.39, 0.29) is 11.1 Å². The molecule has 0 unspecified atom stereocenters. The fraction of sp³-hybridized carbons (Fsp3) is 0.143. The Hall–Kier alpha value is -1.53. The largest absolute Gasteiger partial charge is 0.478 e. The number of nitrogens with zero attached hydrogens (tertiary/aromatic N) is 1. The Labute approximate surface area is 128 Å². The van der Waals surface area contributed by atoms with Crippen LogP contribution in [-0.4, -0.2) is 21.4 Å². The van der Waals surface area contributed by atoms with Crippen LogP contribution in [0, 0.1) is 0 Å². The number of carboxylic acid groups (broad SMARTS) is 1. The van der Waals surface area contributed by atoms with Crippen molar-refractivity contribution in [1.29, 1.82) is 0 Å². The first-order valence-corrected chi connectivity index (χ1v) is 7.67. The highest BCUT2D eigenvalue weighted by Gasteiger charge is 2.09. The van der Waals surface area contributed by atoms with E-state index in [2.05, 4.69) is 15.9 Å². The molecule has 0 atom stereocenters. The van der Waals surface area contributed by atoms with Crippen LogP contribution >= 0.6 is 27.7 Å². The Bertz CT molecular complexity index is 684. The standard InChI is InChI=1S/C14H12BrNO3S/c15-12-5-4-10(9-11(12)14(18)19)20-8-7-16-6-2-1-3-13(16)17/h1-6,9H,7-8H2,(H,18,19). The Morgan fingerprint density at radius 3 is 2.80 bits per heavy atom. The van der Waals surface area contributed by atoms with Crippen LogP contribution in [0.3, 0.4) is 0 Å². The van der Waals surface area contributed by atoms with Crippen LogP contribution in [0.5, 0.6) is 0 Å². The van der Waals surface area contributed by atoms with E-state index in [4.69, 9.17) is 5.11 Å². The molecule has 1 heterocycles. The van der Waals surface area contributed by atoms with Crippen LogP contribution in [0.25, 0.3) is 0 Å². The summed E-state index contributed by atoms with van der Waals surface area (Å²) >= 11 is 4.73. The molecule has 0 fully saturated rings. The summed E-state index contributed by atoms with van der Waals surface area (Å²) in [5.41, 5.74) is 0.210. The van der Waals surface area contributed by atoms with Crippen molar-refractivity contribution in [2.45, 2.75) is 11.4 Å². The van der Waals surface area contributed by atoms with Gasteiger partial charge in [0.1, 0.15) is 0 Å². The molecule has 20 heavy (non-hydrogen) atoms. The van der Waals surface area contributed by atoms with Gasteiger partial charge in [0.25, 0.3) is 5.56 Å². The number of aromatic carboxylic acids is 1. The van der Waals surface area contributed by atoms with Crippen LogP contribution in [0.15, 0.2) is 56.8 Å². The van der Waals surface area contributed by atoms with Gasteiger partial charge >= 0.3 is 5.97 Å². The molecule has 6 heteroatoms. The molecule has 0 radical (unpaired) electrons. The lowest BCUT2D eigenvalue weighted by atomic mass is 10.2. The molecule has 0 spiro atoms. The van der Waals surface area contributed by atoms with E-state index in [0.29, 0.717) is 16.8 Å². The number of aromatic nitrogens is 1. The van der Waals surface area contributed by atoms with Crippen molar-refractivity contribution >= 4 is 33.7 Å². The summed E-state index contributed by atoms with van der Waals surface area (Å²) in [6.45, 7) is 0.586. The molecule has 4 nitrogen and oxygen atoms in total. The number of rotatable bonds is 5. The van der Waals surface area contributed by atoms with E-state index < -0.39 is 5.97 Å². The van der Waals surface area contributed by atoms with Crippen LogP contribution in [0.4, 0.5) is 0 Å². The Kier molecular flexibility index (Phi) is 5.03. The first-order chi connectivity index (χ1) is 9.58. The van der Waals surface area contributed by atoms with Crippen molar-refractivity contribution in [1.82, 2.24) is 4.57 Å². The van der Waals surface area contributed by atoms with E-state index in [1.807, 2.05) is 12.1 Å². The summed E-state index contributed by atoms with van der Waals surface area (Å²) in [5, 5.41) is 9.05. The number of hydrogen-bond acceptors (Lipinski definition) is 3. The lowest BCUT2D eigenvalue weighted by Gasteiger charge is -2.06. The quantitative estimate of drug-likeness (QED) is 0.839. The molecule has 1 aromatic carbocycles. The van der Waals surface area contributed by atoms with Crippen LogP contribution in [0.2, 0.25) is 0 Å². The number of pyridine rings is 1. The molecule has 0 aliphatic rings. The Balaban J connectivity index is 2.01. The molecule has 0 aliphatic carbocycles. The van der Waals surface area contributed by atoms with Crippen LogP contribution < -0.4 is 5.56 Å². The van der Waals surface area contributed by atoms with Gasteiger partial charge < -0.3 is 9.67 Å². The summed E-state index contributed by atoms with van der Waals surface area (Å²) in [4.78, 5) is 23.4. The van der Waals surface area contributed by atoms with Gasteiger partial charge in [-0.1, -0.05) is 6.07 Å². The third-order valence-electron chi connectivity index (χ3n) is 2.67. The number of benzene rings is 1. The van der Waals surface area contributed by atoms with Crippen molar-refractivity contribution in [3.63, 3.8) is 0 Å².